The second-order valence-electron chi connectivity index (χ2n) is 10.6. The van der Waals surface area contributed by atoms with E-state index in [2.05, 4.69) is 13.2 Å². The first kappa shape index (κ1) is 31.5. The number of carboxylic acid groups (broad SMARTS) is 2. The molecule has 225 valence electrons. The van der Waals surface area contributed by atoms with Crippen LogP contribution in [0.4, 0.5) is 0 Å². The molecule has 5 rings (SSSR count). The first-order valence-electron chi connectivity index (χ1n) is 13.8. The standard InChI is InChI=1S/C34H32N4O4.Co/c1-7-21-17(3)25-13-26-19(5)23(9-11-33(39)40)31(37-26)16-32-24(10-12-34(41)42)20(6)28(38-32)15-30-22(8-2)18(4)27(36-30)14-29(21)35-25;/h7-8,13-16H,1-2,9-12H2,3-6H3,(H,39,40)(H,41,42);/q-4;. The van der Waals surface area contributed by atoms with Gasteiger partial charge in [-0.05, 0) is 51.7 Å². The molecule has 0 spiro atoms. The average molecular weight is 620 g/mol. The van der Waals surface area contributed by atoms with Gasteiger partial charge in [0.2, 0.25) is 0 Å². The Morgan fingerprint density at radius 1 is 0.605 bits per heavy atom. The number of carbonyl (C=O) groups is 2. The molecule has 9 heteroatoms. The number of rotatable bonds is 8. The van der Waals surface area contributed by atoms with Crippen molar-refractivity contribution in [3.8, 4) is 0 Å². The van der Waals surface area contributed by atoms with Gasteiger partial charge in [0, 0.05) is 29.6 Å². The number of hydrogen-bond donors (Lipinski definition) is 2. The number of carboxylic acids is 2. The molecule has 43 heavy (non-hydrogen) atoms. The Balaban J connectivity index is 0.00000423. The molecule has 0 saturated carbocycles. The predicted molar refractivity (Wildman–Crippen MR) is 163 cm³/mol. The third kappa shape index (κ3) is 5.91. The molecular formula is C34H32CoN4O4-4. The Morgan fingerprint density at radius 2 is 1.09 bits per heavy atom. The van der Waals surface area contributed by atoms with Crippen LogP contribution in [0.1, 0.15) is 80.1 Å². The van der Waals surface area contributed by atoms with Crippen LogP contribution in [0, 0.1) is 27.7 Å². The first-order valence-corrected chi connectivity index (χ1v) is 13.8. The maximum Gasteiger partial charge on any atom is 0.303 e. The molecule has 8 nitrogen and oxygen atoms in total. The molecular weight excluding hydrogens is 587 g/mol. The third-order valence-electron chi connectivity index (χ3n) is 8.06. The van der Waals surface area contributed by atoms with Crippen LogP contribution in [0.25, 0.3) is 36.5 Å². The summed E-state index contributed by atoms with van der Waals surface area (Å²) in [7, 11) is 0. The van der Waals surface area contributed by atoms with Crippen LogP contribution in [0.5, 0.6) is 0 Å². The van der Waals surface area contributed by atoms with Crippen molar-refractivity contribution in [2.45, 2.75) is 53.4 Å². The smallest absolute Gasteiger partial charge is 0.303 e. The molecule has 0 unspecified atom stereocenters. The molecule has 0 amide bonds. The topological polar surface area (TPSA) is 131 Å². The van der Waals surface area contributed by atoms with E-state index in [4.69, 9.17) is 19.9 Å². The van der Waals surface area contributed by atoms with E-state index in [1.807, 2.05) is 52.0 Å². The summed E-state index contributed by atoms with van der Waals surface area (Å²) in [6.45, 7) is 15.9. The minimum atomic E-state index is -0.898. The van der Waals surface area contributed by atoms with E-state index >= 15 is 0 Å². The van der Waals surface area contributed by atoms with Crippen molar-refractivity contribution in [1.82, 2.24) is 19.9 Å². The van der Waals surface area contributed by atoms with Gasteiger partial charge >= 0.3 is 11.9 Å². The molecule has 4 aromatic rings. The van der Waals surface area contributed by atoms with E-state index in [0.29, 0.717) is 40.6 Å². The quantitative estimate of drug-likeness (QED) is 0.269. The van der Waals surface area contributed by atoms with E-state index in [1.54, 1.807) is 12.2 Å². The zero-order valence-corrected chi connectivity index (χ0v) is 25.6. The van der Waals surface area contributed by atoms with Crippen molar-refractivity contribution < 1.29 is 36.6 Å². The van der Waals surface area contributed by atoms with Crippen molar-refractivity contribution in [2.75, 3.05) is 0 Å². The Bertz CT molecular complexity index is 2030. The molecule has 1 radical (unpaired) electrons. The number of hydrogen-bond acceptors (Lipinski definition) is 2. The molecule has 5 heterocycles. The molecule has 1 aliphatic heterocycles. The van der Waals surface area contributed by atoms with Crippen LogP contribution in [-0.4, -0.2) is 22.2 Å². The van der Waals surface area contributed by atoms with Crippen LogP contribution in [0.15, 0.2) is 13.2 Å². The fourth-order valence-electron chi connectivity index (χ4n) is 5.61. The summed E-state index contributed by atoms with van der Waals surface area (Å²) in [4.78, 5) is 42.7. The SMILES string of the molecule is C=Cc1c2[n-]c(c1C)C=c1[n-]c(c(C)c1C=C)=Cc1[n-]c(c(CCC(=O)O)c1C)C=c1[n-]c(c(C)c1CCC(=O)O)=C2.[Co]. The molecule has 0 aromatic carbocycles. The van der Waals surface area contributed by atoms with Gasteiger partial charge in [0.25, 0.3) is 0 Å². The Kier molecular flexibility index (Phi) is 9.08. The minimum absolute atomic E-state index is 0. The first-order chi connectivity index (χ1) is 20.0. The van der Waals surface area contributed by atoms with E-state index in [-0.39, 0.29) is 29.6 Å². The molecule has 0 fully saturated rings. The molecule has 1 aliphatic rings. The van der Waals surface area contributed by atoms with Gasteiger partial charge in [0.05, 0.1) is 0 Å². The van der Waals surface area contributed by atoms with Crippen molar-refractivity contribution in [2.24, 2.45) is 0 Å². The molecule has 0 atom stereocenters. The van der Waals surface area contributed by atoms with Gasteiger partial charge < -0.3 is 30.1 Å². The molecule has 0 aliphatic carbocycles. The summed E-state index contributed by atoms with van der Waals surface area (Å²) in [5, 5.41) is 21.7. The van der Waals surface area contributed by atoms with E-state index < -0.39 is 11.9 Å². The fourth-order valence-corrected chi connectivity index (χ4v) is 5.61. The number of aromatic nitrogens is 4. The van der Waals surface area contributed by atoms with Crippen molar-refractivity contribution in [3.05, 3.63) is 102 Å². The number of aliphatic carboxylic acids is 2. The maximum absolute atomic E-state index is 11.5. The van der Waals surface area contributed by atoms with Crippen LogP contribution < -0.4 is 41.3 Å². The summed E-state index contributed by atoms with van der Waals surface area (Å²) in [5.41, 5.74) is 9.84. The summed E-state index contributed by atoms with van der Waals surface area (Å²) >= 11 is 0. The van der Waals surface area contributed by atoms with Crippen LogP contribution in [0.3, 0.4) is 0 Å². The van der Waals surface area contributed by atoms with Gasteiger partial charge in [-0.25, -0.2) is 0 Å². The van der Waals surface area contributed by atoms with Gasteiger partial charge in [-0.3, -0.25) is 9.59 Å². The van der Waals surface area contributed by atoms with Gasteiger partial charge in [-0.1, -0.05) is 83.0 Å². The molecule has 0 saturated heterocycles. The van der Waals surface area contributed by atoms with Gasteiger partial charge in [0.1, 0.15) is 0 Å². The fraction of sp³-hybridized carbons (Fsp3) is 0.235. The molecule has 8 bridgehead atoms. The molecule has 2 N–H and O–H groups in total. The second-order valence-corrected chi connectivity index (χ2v) is 10.6. The third-order valence-corrected chi connectivity index (χ3v) is 8.06. The van der Waals surface area contributed by atoms with E-state index in [0.717, 1.165) is 60.9 Å². The normalized spacial score (nSPS) is 11.8. The maximum atomic E-state index is 11.5. The van der Waals surface area contributed by atoms with Crippen molar-refractivity contribution >= 4 is 48.4 Å². The van der Waals surface area contributed by atoms with E-state index in [1.165, 1.54) is 0 Å². The Morgan fingerprint density at radius 3 is 1.72 bits per heavy atom. The summed E-state index contributed by atoms with van der Waals surface area (Å²) < 4.78 is 0. The zero-order chi connectivity index (χ0) is 30.3. The van der Waals surface area contributed by atoms with Gasteiger partial charge in [-0.2, -0.15) is 0 Å². The van der Waals surface area contributed by atoms with Crippen molar-refractivity contribution in [3.63, 3.8) is 0 Å². The Labute approximate surface area is 259 Å². The number of fused-ring (bicyclic) bond motifs is 8. The number of nitrogens with zero attached hydrogens (tertiary/aromatic N) is 4. The van der Waals surface area contributed by atoms with Gasteiger partial charge in [0.15, 0.2) is 0 Å². The summed E-state index contributed by atoms with van der Waals surface area (Å²) in [6.07, 6.45) is 11.7. The molecule has 4 aromatic heterocycles. The Hall–Kier alpha value is -4.47. The summed E-state index contributed by atoms with van der Waals surface area (Å²) in [5.74, 6) is -1.80. The summed E-state index contributed by atoms with van der Waals surface area (Å²) in [6, 6.07) is 0. The minimum Gasteiger partial charge on any atom is -0.657 e. The van der Waals surface area contributed by atoms with Crippen LogP contribution >= 0.6 is 0 Å². The van der Waals surface area contributed by atoms with E-state index in [9.17, 15) is 19.8 Å². The van der Waals surface area contributed by atoms with Crippen LogP contribution in [-0.2, 0) is 39.2 Å². The van der Waals surface area contributed by atoms with Crippen molar-refractivity contribution in [1.29, 1.82) is 0 Å². The van der Waals surface area contributed by atoms with Crippen LogP contribution in [0.2, 0.25) is 0 Å². The second kappa shape index (κ2) is 12.4. The zero-order valence-electron chi connectivity index (χ0n) is 24.5. The largest absolute Gasteiger partial charge is 0.657 e. The van der Waals surface area contributed by atoms with Gasteiger partial charge in [-0.15, -0.1) is 44.2 Å². The average Bonchev–Trinajstić information content (AvgIpc) is 3.59. The predicted octanol–water partition coefficient (Wildman–Crippen LogP) is 1.70. The monoisotopic (exact) mass is 619 g/mol.